The quantitative estimate of drug-likeness (QED) is 0.598. The van der Waals surface area contributed by atoms with E-state index in [9.17, 15) is 5.26 Å². The van der Waals surface area contributed by atoms with Crippen molar-refractivity contribution in [3.8, 4) is 17.9 Å². The first-order valence-electron chi connectivity index (χ1n) is 7.15. The van der Waals surface area contributed by atoms with Crippen LogP contribution >= 0.6 is 11.8 Å². The number of hydrogen-bond acceptors (Lipinski definition) is 6. The van der Waals surface area contributed by atoms with Crippen LogP contribution in [0, 0.1) is 36.5 Å². The fourth-order valence-corrected chi connectivity index (χ4v) is 2.76. The van der Waals surface area contributed by atoms with E-state index < -0.39 is 0 Å². The highest BCUT2D eigenvalue weighted by atomic mass is 32.2. The minimum absolute atomic E-state index is 0.569. The van der Waals surface area contributed by atoms with E-state index in [2.05, 4.69) is 22.3 Å². The molecule has 1 aromatic heterocycles. The number of ether oxygens (including phenoxy) is 1. The van der Waals surface area contributed by atoms with Gasteiger partial charge in [0.15, 0.2) is 0 Å². The van der Waals surface area contributed by atoms with Crippen LogP contribution in [0.5, 0.6) is 5.75 Å². The molecule has 0 fully saturated rings. The maximum absolute atomic E-state index is 9.24. The number of rotatable bonds is 6. The molecular weight excluding hydrogens is 308 g/mol. The molecule has 1 aromatic carbocycles. The van der Waals surface area contributed by atoms with Gasteiger partial charge in [0.05, 0.1) is 29.5 Å². The molecule has 1 heterocycles. The Kier molecular flexibility index (Phi) is 5.96. The van der Waals surface area contributed by atoms with Crippen LogP contribution in [0.4, 0.5) is 0 Å². The van der Waals surface area contributed by atoms with Crippen molar-refractivity contribution >= 4 is 11.8 Å². The monoisotopic (exact) mass is 324 g/mol. The van der Waals surface area contributed by atoms with Crippen molar-refractivity contribution in [2.45, 2.75) is 25.3 Å². The number of nitriles is 2. The van der Waals surface area contributed by atoms with Crippen LogP contribution in [-0.2, 0) is 0 Å². The van der Waals surface area contributed by atoms with Crippen molar-refractivity contribution in [3.63, 3.8) is 0 Å². The third kappa shape index (κ3) is 4.45. The normalized spacial score (nSPS) is 9.91. The van der Waals surface area contributed by atoms with E-state index in [1.165, 1.54) is 11.8 Å². The van der Waals surface area contributed by atoms with Crippen LogP contribution in [-0.4, -0.2) is 22.6 Å². The predicted molar refractivity (Wildman–Crippen MR) is 88.2 cm³/mol. The van der Waals surface area contributed by atoms with E-state index in [-0.39, 0.29) is 0 Å². The number of thioether (sulfide) groups is 1. The molecule has 0 atom stereocenters. The zero-order valence-electron chi connectivity index (χ0n) is 13.0. The highest BCUT2D eigenvalue weighted by molar-refractivity contribution is 7.99. The van der Waals surface area contributed by atoms with Crippen LogP contribution in [0.15, 0.2) is 29.3 Å². The van der Waals surface area contributed by atoms with E-state index in [4.69, 9.17) is 10.00 Å². The second-order valence-electron chi connectivity index (χ2n) is 4.89. The van der Waals surface area contributed by atoms with Gasteiger partial charge in [-0.2, -0.15) is 15.6 Å². The molecule has 2 rings (SSSR count). The minimum Gasteiger partial charge on any atom is -0.494 e. The Hall–Kier alpha value is -2.57. The van der Waals surface area contributed by atoms with Crippen LogP contribution in [0.2, 0.25) is 0 Å². The summed E-state index contributed by atoms with van der Waals surface area (Å²) >= 11 is 1.52. The van der Waals surface area contributed by atoms with Crippen molar-refractivity contribution in [2.75, 3.05) is 12.4 Å². The van der Waals surface area contributed by atoms with E-state index in [0.29, 0.717) is 22.8 Å². The molecule has 116 valence electrons. The van der Waals surface area contributed by atoms with Gasteiger partial charge >= 0.3 is 0 Å². The molecule has 0 aliphatic heterocycles. The fourth-order valence-electron chi connectivity index (χ4n) is 1.86. The first-order valence-corrected chi connectivity index (χ1v) is 8.14. The molecule has 0 radical (unpaired) electrons. The lowest BCUT2D eigenvalue weighted by atomic mass is 10.1. The number of aryl methyl sites for hydroxylation is 1. The Morgan fingerprint density at radius 2 is 1.83 bits per heavy atom. The van der Waals surface area contributed by atoms with Gasteiger partial charge in [-0.15, -0.1) is 16.9 Å². The summed E-state index contributed by atoms with van der Waals surface area (Å²) in [6.07, 6.45) is 0.824. The summed E-state index contributed by atoms with van der Waals surface area (Å²) in [4.78, 5) is 0. The van der Waals surface area contributed by atoms with Gasteiger partial charge in [0.2, 0.25) is 0 Å². The van der Waals surface area contributed by atoms with Gasteiger partial charge in [-0.25, -0.2) is 0 Å². The molecule has 0 spiro atoms. The highest BCUT2D eigenvalue weighted by Gasteiger charge is 2.10. The summed E-state index contributed by atoms with van der Waals surface area (Å²) in [6, 6.07) is 11.3. The second kappa shape index (κ2) is 8.17. The maximum atomic E-state index is 9.24. The third-order valence-corrected chi connectivity index (χ3v) is 4.37. The zero-order valence-corrected chi connectivity index (χ0v) is 13.9. The summed E-state index contributed by atoms with van der Waals surface area (Å²) in [5, 5.41) is 26.8. The summed E-state index contributed by atoms with van der Waals surface area (Å²) in [5.41, 5.74) is 2.90. The Morgan fingerprint density at radius 1 is 1.09 bits per heavy atom. The molecule has 0 bridgehead atoms. The molecule has 6 heteroatoms. The first kappa shape index (κ1) is 16.8. The summed E-state index contributed by atoms with van der Waals surface area (Å²) in [7, 11) is 0. The second-order valence-corrected chi connectivity index (χ2v) is 5.97. The summed E-state index contributed by atoms with van der Waals surface area (Å²) < 4.78 is 5.62. The van der Waals surface area contributed by atoms with Crippen LogP contribution in [0.1, 0.15) is 28.8 Å². The molecule has 0 saturated carbocycles. The summed E-state index contributed by atoms with van der Waals surface area (Å²) in [5.74, 6) is 1.54. The summed E-state index contributed by atoms with van der Waals surface area (Å²) in [6.45, 7) is 4.31. The van der Waals surface area contributed by atoms with Gasteiger partial charge in [-0.1, -0.05) is 0 Å². The molecule has 0 unspecified atom stereocenters. The first-order chi connectivity index (χ1) is 11.2. The van der Waals surface area contributed by atoms with Gasteiger partial charge in [0.25, 0.3) is 0 Å². The Bertz CT molecular complexity index is 760. The lowest BCUT2D eigenvalue weighted by Crippen LogP contribution is -2.01. The number of aromatic nitrogens is 2. The van der Waals surface area contributed by atoms with Crippen LogP contribution < -0.4 is 4.74 Å². The number of benzene rings is 1. The largest absolute Gasteiger partial charge is 0.494 e. The minimum atomic E-state index is 0.569. The fraction of sp³-hybridized carbons (Fsp3) is 0.294. The average molecular weight is 324 g/mol. The zero-order chi connectivity index (χ0) is 16.7. The lowest BCUT2D eigenvalue weighted by Gasteiger charge is -2.08. The number of nitrogens with zero attached hydrogens (tertiary/aromatic N) is 4. The molecule has 0 N–H and O–H groups in total. The Labute approximate surface area is 139 Å². The van der Waals surface area contributed by atoms with Gasteiger partial charge < -0.3 is 4.74 Å². The molecule has 0 amide bonds. The highest BCUT2D eigenvalue weighted by Crippen LogP contribution is 2.23. The molecule has 0 saturated heterocycles. The van der Waals surface area contributed by atoms with Crippen LogP contribution in [0.3, 0.4) is 0 Å². The van der Waals surface area contributed by atoms with Gasteiger partial charge in [-0.05, 0) is 50.1 Å². The topological polar surface area (TPSA) is 82.6 Å². The van der Waals surface area contributed by atoms with E-state index >= 15 is 0 Å². The van der Waals surface area contributed by atoms with Gasteiger partial charge in [-0.3, -0.25) is 0 Å². The van der Waals surface area contributed by atoms with Crippen molar-refractivity contribution in [2.24, 2.45) is 0 Å². The maximum Gasteiger partial charge on any atom is 0.137 e. The Balaban J connectivity index is 1.81. The van der Waals surface area contributed by atoms with Gasteiger partial charge in [0.1, 0.15) is 16.8 Å². The molecule has 0 aliphatic rings. The standard InChI is InChI=1S/C17H16N4OS/c1-12-13(2)20-21-17(16(12)11-19)23-9-3-8-22-15-6-4-14(10-18)5-7-15/h4-7H,3,8-9H2,1-2H3. The smallest absolute Gasteiger partial charge is 0.137 e. The number of hydrogen-bond donors (Lipinski definition) is 0. The molecule has 2 aromatic rings. The molecule has 23 heavy (non-hydrogen) atoms. The van der Waals surface area contributed by atoms with Crippen molar-refractivity contribution in [1.29, 1.82) is 10.5 Å². The Morgan fingerprint density at radius 3 is 2.48 bits per heavy atom. The average Bonchev–Trinajstić information content (AvgIpc) is 2.58. The van der Waals surface area contributed by atoms with E-state index in [1.807, 2.05) is 13.8 Å². The van der Waals surface area contributed by atoms with Crippen molar-refractivity contribution < 1.29 is 4.74 Å². The lowest BCUT2D eigenvalue weighted by molar-refractivity contribution is 0.318. The third-order valence-electron chi connectivity index (χ3n) is 3.31. The van der Waals surface area contributed by atoms with Crippen LogP contribution in [0.25, 0.3) is 0 Å². The van der Waals surface area contributed by atoms with Crippen molar-refractivity contribution in [3.05, 3.63) is 46.6 Å². The van der Waals surface area contributed by atoms with E-state index in [0.717, 1.165) is 29.2 Å². The molecule has 5 nitrogen and oxygen atoms in total. The van der Waals surface area contributed by atoms with Gasteiger partial charge in [0, 0.05) is 5.75 Å². The predicted octanol–water partition coefficient (Wildman–Crippen LogP) is 3.40. The van der Waals surface area contributed by atoms with E-state index in [1.54, 1.807) is 24.3 Å². The SMILES string of the molecule is Cc1nnc(SCCCOc2ccc(C#N)cc2)c(C#N)c1C. The molecular formula is C17H16N4OS. The van der Waals surface area contributed by atoms with Crippen molar-refractivity contribution in [1.82, 2.24) is 10.2 Å². The molecule has 0 aliphatic carbocycles.